The molecule has 0 unspecified atom stereocenters. The van der Waals surface area contributed by atoms with Gasteiger partial charge in [-0.1, -0.05) is 40.5 Å². The summed E-state index contributed by atoms with van der Waals surface area (Å²) in [7, 11) is 0. The van der Waals surface area contributed by atoms with Crippen LogP contribution in [0.4, 0.5) is 0 Å². The number of carboxylic acids is 2. The smallest absolute Gasteiger partial charge is 0.328 e. The van der Waals surface area contributed by atoms with Crippen molar-refractivity contribution in [1.82, 2.24) is 0 Å². The summed E-state index contributed by atoms with van der Waals surface area (Å²) in [6, 6.07) is 0. The van der Waals surface area contributed by atoms with Gasteiger partial charge < -0.3 is 10.2 Å². The highest BCUT2D eigenvalue weighted by Gasteiger charge is 1.94. The summed E-state index contributed by atoms with van der Waals surface area (Å²) in [5, 5.41) is 16.8. The van der Waals surface area contributed by atoms with Gasteiger partial charge in [0.15, 0.2) is 0 Å². The molecule has 0 rings (SSSR count). The normalized spacial score (nSPS) is 11.1. The summed E-state index contributed by atoms with van der Waals surface area (Å²) in [5.41, 5.74) is 4.66. The molecule has 142 valence electrons. The van der Waals surface area contributed by atoms with E-state index in [-0.39, 0.29) is 6.42 Å². The lowest BCUT2D eigenvalue weighted by molar-refractivity contribution is -0.136. The Hall–Kier alpha value is -2.10. The fourth-order valence-electron chi connectivity index (χ4n) is 1.82. The van der Waals surface area contributed by atoms with Crippen LogP contribution in [0.15, 0.2) is 46.6 Å². The van der Waals surface area contributed by atoms with Crippen molar-refractivity contribution in [3.8, 4) is 0 Å². The van der Waals surface area contributed by atoms with Gasteiger partial charge in [-0.25, -0.2) is 4.79 Å². The first-order valence-electron chi connectivity index (χ1n) is 8.58. The summed E-state index contributed by atoms with van der Waals surface area (Å²) in [5.74, 6) is -1.62. The van der Waals surface area contributed by atoms with Gasteiger partial charge >= 0.3 is 11.9 Å². The molecule has 2 N–H and O–H groups in total. The molecule has 0 aliphatic heterocycles. The Kier molecular flexibility index (Phi) is 15.5. The van der Waals surface area contributed by atoms with E-state index in [1.165, 1.54) is 17.2 Å². The van der Waals surface area contributed by atoms with Crippen LogP contribution in [-0.2, 0) is 9.59 Å². The average molecular weight is 350 g/mol. The van der Waals surface area contributed by atoms with E-state index < -0.39 is 11.9 Å². The molecule has 0 bridgehead atoms. The van der Waals surface area contributed by atoms with E-state index in [9.17, 15) is 9.59 Å². The predicted molar refractivity (Wildman–Crippen MR) is 105 cm³/mol. The summed E-state index contributed by atoms with van der Waals surface area (Å²) in [4.78, 5) is 20.4. The monoisotopic (exact) mass is 350 g/mol. The molecule has 0 aliphatic rings. The second-order valence-electron chi connectivity index (χ2n) is 6.62. The quantitative estimate of drug-likeness (QED) is 0.400. The molecule has 0 amide bonds. The van der Waals surface area contributed by atoms with E-state index in [1.807, 2.05) is 27.7 Å². The van der Waals surface area contributed by atoms with Crippen molar-refractivity contribution in [3.05, 3.63) is 46.6 Å². The number of allylic oxidation sites excluding steroid dienone is 6. The van der Waals surface area contributed by atoms with Crippen molar-refractivity contribution < 1.29 is 19.8 Å². The number of carboxylic acid groups (broad SMARTS) is 2. The Bertz CT molecular complexity index is 526. The average Bonchev–Trinajstić information content (AvgIpc) is 2.44. The molecule has 0 aromatic carbocycles. The lowest BCUT2D eigenvalue weighted by Gasteiger charge is -1.97. The first kappa shape index (κ1) is 25.1. The molecule has 0 radical (unpaired) electrons. The second-order valence-corrected chi connectivity index (χ2v) is 6.62. The molecule has 4 heteroatoms. The van der Waals surface area contributed by atoms with Crippen LogP contribution in [0, 0.1) is 0 Å². The number of rotatable bonds is 9. The largest absolute Gasteiger partial charge is 0.481 e. The lowest BCUT2D eigenvalue weighted by atomic mass is 10.1. The fourth-order valence-corrected chi connectivity index (χ4v) is 1.82. The number of carbonyl (C=O) groups is 2. The van der Waals surface area contributed by atoms with Gasteiger partial charge in [0.2, 0.25) is 0 Å². The SMILES string of the molecule is CC(C)=CCC/C(C)=C/C(=O)O.CC(C)=CCCC(C)=CCC(=O)O. The van der Waals surface area contributed by atoms with Crippen LogP contribution in [-0.4, -0.2) is 22.2 Å². The van der Waals surface area contributed by atoms with E-state index in [1.54, 1.807) is 6.08 Å². The minimum absolute atomic E-state index is 0.140. The van der Waals surface area contributed by atoms with Gasteiger partial charge in [0.25, 0.3) is 0 Å². The van der Waals surface area contributed by atoms with Crippen molar-refractivity contribution in [2.45, 2.75) is 73.6 Å². The van der Waals surface area contributed by atoms with Gasteiger partial charge in [-0.2, -0.15) is 0 Å². The first-order chi connectivity index (χ1) is 11.5. The standard InChI is InChI=1S/C11H18O2.C10H16O2/c1-9(2)5-4-6-10(3)7-8-11(12)13;1-8(2)5-4-6-9(3)7-10(11)12/h5,7H,4,6,8H2,1-3H3,(H,12,13);5,7H,4,6H2,1-3H3,(H,11,12)/b;9-7+. The molecule has 0 saturated carbocycles. The Morgan fingerprint density at radius 2 is 1.16 bits per heavy atom. The predicted octanol–water partition coefficient (Wildman–Crippen LogP) is 5.92. The van der Waals surface area contributed by atoms with Crippen molar-refractivity contribution >= 4 is 11.9 Å². The minimum atomic E-state index is -0.857. The van der Waals surface area contributed by atoms with Crippen molar-refractivity contribution in [2.24, 2.45) is 0 Å². The molecule has 0 fully saturated rings. The van der Waals surface area contributed by atoms with Crippen molar-refractivity contribution in [1.29, 1.82) is 0 Å². The highest BCUT2D eigenvalue weighted by Crippen LogP contribution is 2.07. The molecule has 25 heavy (non-hydrogen) atoms. The summed E-state index contributed by atoms with van der Waals surface area (Å²) in [6.07, 6.45) is 11.2. The zero-order valence-electron chi connectivity index (χ0n) is 16.6. The maximum atomic E-state index is 10.2. The van der Waals surface area contributed by atoms with Crippen LogP contribution in [0.1, 0.15) is 73.6 Å². The van der Waals surface area contributed by atoms with Crippen LogP contribution in [0.5, 0.6) is 0 Å². The third-order valence-electron chi connectivity index (χ3n) is 3.18. The van der Waals surface area contributed by atoms with E-state index in [0.717, 1.165) is 36.8 Å². The van der Waals surface area contributed by atoms with Crippen LogP contribution < -0.4 is 0 Å². The van der Waals surface area contributed by atoms with E-state index in [4.69, 9.17) is 10.2 Å². The molecule has 0 aliphatic carbocycles. The Morgan fingerprint density at radius 1 is 0.720 bits per heavy atom. The minimum Gasteiger partial charge on any atom is -0.481 e. The van der Waals surface area contributed by atoms with Crippen LogP contribution in [0.3, 0.4) is 0 Å². The third-order valence-corrected chi connectivity index (χ3v) is 3.18. The molecular weight excluding hydrogens is 316 g/mol. The summed E-state index contributed by atoms with van der Waals surface area (Å²) in [6.45, 7) is 12.0. The van der Waals surface area contributed by atoms with Gasteiger partial charge in [-0.05, 0) is 67.2 Å². The first-order valence-corrected chi connectivity index (χ1v) is 8.58. The van der Waals surface area contributed by atoms with Gasteiger partial charge in [0, 0.05) is 6.08 Å². The lowest BCUT2D eigenvalue weighted by Crippen LogP contribution is -1.91. The van der Waals surface area contributed by atoms with E-state index >= 15 is 0 Å². The van der Waals surface area contributed by atoms with Gasteiger partial charge in [-0.3, -0.25) is 4.79 Å². The maximum absolute atomic E-state index is 10.2. The highest BCUT2D eigenvalue weighted by atomic mass is 16.4. The fraction of sp³-hybridized carbons (Fsp3) is 0.524. The van der Waals surface area contributed by atoms with Gasteiger partial charge in [0.05, 0.1) is 6.42 Å². The molecule has 0 heterocycles. The van der Waals surface area contributed by atoms with Crippen molar-refractivity contribution in [3.63, 3.8) is 0 Å². The topological polar surface area (TPSA) is 74.6 Å². The highest BCUT2D eigenvalue weighted by molar-refractivity contribution is 5.80. The summed E-state index contributed by atoms with van der Waals surface area (Å²) < 4.78 is 0. The van der Waals surface area contributed by atoms with Crippen molar-refractivity contribution in [2.75, 3.05) is 0 Å². The zero-order chi connectivity index (χ0) is 19.8. The molecule has 0 saturated heterocycles. The summed E-state index contributed by atoms with van der Waals surface area (Å²) >= 11 is 0. The maximum Gasteiger partial charge on any atom is 0.328 e. The van der Waals surface area contributed by atoms with Gasteiger partial charge in [-0.15, -0.1) is 0 Å². The molecule has 0 spiro atoms. The molecule has 0 atom stereocenters. The third kappa shape index (κ3) is 24.3. The zero-order valence-corrected chi connectivity index (χ0v) is 16.6. The van der Waals surface area contributed by atoms with Crippen LogP contribution in [0.25, 0.3) is 0 Å². The Labute approximate surface area is 152 Å². The molecular formula is C21H34O4. The van der Waals surface area contributed by atoms with Crippen LogP contribution >= 0.6 is 0 Å². The number of hydrogen-bond acceptors (Lipinski definition) is 2. The van der Waals surface area contributed by atoms with Crippen LogP contribution in [0.2, 0.25) is 0 Å². The Morgan fingerprint density at radius 3 is 1.52 bits per heavy atom. The number of aliphatic carboxylic acids is 2. The van der Waals surface area contributed by atoms with Gasteiger partial charge in [0.1, 0.15) is 0 Å². The second kappa shape index (κ2) is 15.4. The molecule has 0 aromatic heterocycles. The van der Waals surface area contributed by atoms with E-state index in [0.29, 0.717) is 0 Å². The number of hydrogen-bond donors (Lipinski definition) is 2. The Balaban J connectivity index is 0. The molecule has 4 nitrogen and oxygen atoms in total. The molecule has 0 aromatic rings. The van der Waals surface area contributed by atoms with E-state index in [2.05, 4.69) is 26.0 Å².